The van der Waals surface area contributed by atoms with Gasteiger partial charge < -0.3 is 28.8 Å². The quantitative estimate of drug-likeness (QED) is 0.312. The Morgan fingerprint density at radius 1 is 1.11 bits per heavy atom. The molecule has 0 radical (unpaired) electrons. The molecule has 0 aliphatic carbocycles. The van der Waals surface area contributed by atoms with E-state index in [1.54, 1.807) is 49.6 Å². The van der Waals surface area contributed by atoms with Gasteiger partial charge in [0.05, 0.1) is 24.6 Å². The van der Waals surface area contributed by atoms with Crippen LogP contribution in [0.4, 0.5) is 16.3 Å². The third kappa shape index (κ3) is 5.89. The van der Waals surface area contributed by atoms with Crippen molar-refractivity contribution in [3.63, 3.8) is 0 Å². The first-order valence-electron chi connectivity index (χ1n) is 11.7. The standard InChI is InChI=1S/C26H27N5O6/c1-26(2,3)22-11-23(31-37-22)30-25(32)29-15-6-5-7-16(8-15)36-24-18-9-21(35-13-17-12-34-17)20(33-4)10-19(18)27-14-28-24/h5-11,14,17H,12-13H2,1-4H3,(H2,29,30,31,32)/t17-/m0/s1. The highest BCUT2D eigenvalue weighted by molar-refractivity contribution is 5.99. The monoisotopic (exact) mass is 505 g/mol. The lowest BCUT2D eigenvalue weighted by Crippen LogP contribution is -2.19. The van der Waals surface area contributed by atoms with E-state index in [4.69, 9.17) is 23.5 Å². The average Bonchev–Trinajstić information content (AvgIpc) is 3.57. The number of rotatable bonds is 8. The number of amides is 2. The Balaban J connectivity index is 1.31. The number of carbonyl (C=O) groups excluding carboxylic acids is 1. The minimum atomic E-state index is -0.466. The number of nitrogens with one attached hydrogen (secondary N) is 2. The van der Waals surface area contributed by atoms with Crippen LogP contribution in [0.3, 0.4) is 0 Å². The zero-order valence-corrected chi connectivity index (χ0v) is 20.9. The third-order valence-corrected chi connectivity index (χ3v) is 5.51. The van der Waals surface area contributed by atoms with E-state index in [9.17, 15) is 4.79 Å². The van der Waals surface area contributed by atoms with Gasteiger partial charge in [-0.15, -0.1) is 0 Å². The Morgan fingerprint density at radius 2 is 1.95 bits per heavy atom. The fourth-order valence-corrected chi connectivity index (χ4v) is 3.46. The molecule has 11 heteroatoms. The van der Waals surface area contributed by atoms with Crippen LogP contribution in [0.15, 0.2) is 53.3 Å². The van der Waals surface area contributed by atoms with E-state index in [2.05, 4.69) is 25.8 Å². The van der Waals surface area contributed by atoms with Gasteiger partial charge in [-0.25, -0.2) is 14.8 Å². The van der Waals surface area contributed by atoms with Crippen molar-refractivity contribution in [2.24, 2.45) is 0 Å². The van der Waals surface area contributed by atoms with Crippen LogP contribution in [0.2, 0.25) is 0 Å². The number of hydrogen-bond acceptors (Lipinski definition) is 9. The predicted molar refractivity (Wildman–Crippen MR) is 136 cm³/mol. The Morgan fingerprint density at radius 3 is 2.68 bits per heavy atom. The minimum absolute atomic E-state index is 0.0976. The summed E-state index contributed by atoms with van der Waals surface area (Å²) in [6.07, 6.45) is 1.51. The van der Waals surface area contributed by atoms with Crippen LogP contribution in [0.1, 0.15) is 26.5 Å². The van der Waals surface area contributed by atoms with E-state index >= 15 is 0 Å². The van der Waals surface area contributed by atoms with Crippen LogP contribution in [-0.4, -0.2) is 47.6 Å². The van der Waals surface area contributed by atoms with Gasteiger partial charge in [-0.3, -0.25) is 5.32 Å². The Kier molecular flexibility index (Phi) is 6.53. The van der Waals surface area contributed by atoms with Gasteiger partial charge >= 0.3 is 6.03 Å². The fraction of sp³-hybridized carbons (Fsp3) is 0.308. The van der Waals surface area contributed by atoms with Crippen molar-refractivity contribution in [3.8, 4) is 23.1 Å². The van der Waals surface area contributed by atoms with Crippen molar-refractivity contribution >= 4 is 28.4 Å². The summed E-state index contributed by atoms with van der Waals surface area (Å²) in [6, 6.07) is 11.7. The van der Waals surface area contributed by atoms with Gasteiger partial charge in [-0.05, 0) is 18.2 Å². The van der Waals surface area contributed by atoms with Crippen LogP contribution in [-0.2, 0) is 10.2 Å². The van der Waals surface area contributed by atoms with Gasteiger partial charge in [0.15, 0.2) is 17.3 Å². The summed E-state index contributed by atoms with van der Waals surface area (Å²) in [7, 11) is 1.57. The van der Waals surface area contributed by atoms with Crippen molar-refractivity contribution in [2.45, 2.75) is 32.3 Å². The molecule has 1 fully saturated rings. The Labute approximate surface area is 213 Å². The molecule has 1 aliphatic rings. The van der Waals surface area contributed by atoms with Crippen LogP contribution in [0, 0.1) is 0 Å². The minimum Gasteiger partial charge on any atom is -0.493 e. The maximum atomic E-state index is 12.5. The van der Waals surface area contributed by atoms with Crippen molar-refractivity contribution in [2.75, 3.05) is 31.0 Å². The van der Waals surface area contributed by atoms with Gasteiger partial charge in [0.25, 0.3) is 0 Å². The highest BCUT2D eigenvalue weighted by atomic mass is 16.6. The maximum absolute atomic E-state index is 12.5. The molecule has 1 saturated heterocycles. The number of nitrogens with zero attached hydrogens (tertiary/aromatic N) is 3. The number of fused-ring (bicyclic) bond motifs is 1. The van der Waals surface area contributed by atoms with E-state index in [1.165, 1.54) is 6.33 Å². The number of anilines is 2. The van der Waals surface area contributed by atoms with E-state index in [-0.39, 0.29) is 11.5 Å². The number of epoxide rings is 1. The molecule has 1 aliphatic heterocycles. The molecule has 0 saturated carbocycles. The predicted octanol–water partition coefficient (Wildman–Crippen LogP) is 5.14. The number of methoxy groups -OCH3 is 1. The summed E-state index contributed by atoms with van der Waals surface area (Å²) in [6.45, 7) is 7.10. The summed E-state index contributed by atoms with van der Waals surface area (Å²) in [5, 5.41) is 9.98. The molecular formula is C26H27N5O6. The van der Waals surface area contributed by atoms with Crippen LogP contribution in [0.5, 0.6) is 23.1 Å². The normalized spacial score (nSPS) is 14.8. The van der Waals surface area contributed by atoms with Crippen LogP contribution < -0.4 is 24.8 Å². The number of ether oxygens (including phenoxy) is 4. The van der Waals surface area contributed by atoms with E-state index in [1.807, 2.05) is 20.8 Å². The average molecular weight is 506 g/mol. The topological polar surface area (TPSA) is 133 Å². The molecule has 192 valence electrons. The number of carbonyl (C=O) groups is 1. The van der Waals surface area contributed by atoms with Gasteiger partial charge in [-0.2, -0.15) is 0 Å². The first kappa shape index (κ1) is 24.3. The lowest BCUT2D eigenvalue weighted by molar-refractivity contribution is 0.252. The van der Waals surface area contributed by atoms with Crippen molar-refractivity contribution in [1.82, 2.24) is 15.1 Å². The fourth-order valence-electron chi connectivity index (χ4n) is 3.46. The second-order valence-electron chi connectivity index (χ2n) is 9.50. The van der Waals surface area contributed by atoms with Crippen LogP contribution in [0.25, 0.3) is 10.9 Å². The van der Waals surface area contributed by atoms with Crippen molar-refractivity contribution in [3.05, 3.63) is 54.6 Å². The summed E-state index contributed by atoms with van der Waals surface area (Å²) < 4.78 is 27.9. The number of benzene rings is 2. The lowest BCUT2D eigenvalue weighted by Gasteiger charge is -2.13. The van der Waals surface area contributed by atoms with Crippen molar-refractivity contribution < 1.29 is 28.3 Å². The second-order valence-corrected chi connectivity index (χ2v) is 9.50. The first-order valence-corrected chi connectivity index (χ1v) is 11.7. The molecule has 0 bridgehead atoms. The smallest absolute Gasteiger partial charge is 0.324 e. The summed E-state index contributed by atoms with van der Waals surface area (Å²) in [4.78, 5) is 21.1. The molecule has 2 aromatic carbocycles. The summed E-state index contributed by atoms with van der Waals surface area (Å²) >= 11 is 0. The van der Waals surface area contributed by atoms with Gasteiger partial charge in [0.1, 0.15) is 30.5 Å². The molecule has 3 heterocycles. The first-order chi connectivity index (χ1) is 17.8. The molecule has 0 spiro atoms. The Hall–Kier alpha value is -4.38. The molecule has 4 aromatic rings. The third-order valence-electron chi connectivity index (χ3n) is 5.51. The largest absolute Gasteiger partial charge is 0.493 e. The van der Waals surface area contributed by atoms with E-state index in [0.29, 0.717) is 64.5 Å². The molecule has 2 N–H and O–H groups in total. The Bertz CT molecular complexity index is 1430. The zero-order valence-electron chi connectivity index (χ0n) is 20.9. The van der Waals surface area contributed by atoms with E-state index in [0.717, 1.165) is 0 Å². The molecule has 2 aromatic heterocycles. The highest BCUT2D eigenvalue weighted by Gasteiger charge is 2.24. The lowest BCUT2D eigenvalue weighted by atomic mass is 9.93. The molecule has 1 atom stereocenters. The maximum Gasteiger partial charge on any atom is 0.324 e. The second kappa shape index (κ2) is 9.94. The highest BCUT2D eigenvalue weighted by Crippen LogP contribution is 2.36. The van der Waals surface area contributed by atoms with Gasteiger partial charge in [0.2, 0.25) is 5.88 Å². The number of hydrogen-bond donors (Lipinski definition) is 2. The number of aromatic nitrogens is 3. The molecular weight excluding hydrogens is 478 g/mol. The van der Waals surface area contributed by atoms with Crippen molar-refractivity contribution in [1.29, 1.82) is 0 Å². The van der Waals surface area contributed by atoms with Gasteiger partial charge in [-0.1, -0.05) is 32.0 Å². The molecule has 2 amide bonds. The number of urea groups is 1. The summed E-state index contributed by atoms with van der Waals surface area (Å²) in [5.41, 5.74) is 0.931. The SMILES string of the molecule is COc1cc2ncnc(Oc3cccc(NC(=O)Nc4cc(C(C)(C)C)on4)c3)c2cc1OC[C@@H]1CO1. The van der Waals surface area contributed by atoms with Crippen LogP contribution >= 0.6 is 0 Å². The van der Waals surface area contributed by atoms with Gasteiger partial charge in [0, 0.05) is 29.3 Å². The van der Waals surface area contributed by atoms with E-state index < -0.39 is 6.03 Å². The zero-order chi connectivity index (χ0) is 26.0. The molecule has 0 unspecified atom stereocenters. The molecule has 5 rings (SSSR count). The summed E-state index contributed by atoms with van der Waals surface area (Å²) in [5.74, 6) is 2.89. The molecule has 37 heavy (non-hydrogen) atoms. The molecule has 11 nitrogen and oxygen atoms in total.